The molecule has 0 aliphatic carbocycles. The predicted octanol–water partition coefficient (Wildman–Crippen LogP) is 7.11. The molecule has 0 fully saturated rings. The molecule has 9 heteroatoms. The van der Waals surface area contributed by atoms with Gasteiger partial charge in [0.25, 0.3) is 0 Å². The van der Waals surface area contributed by atoms with Gasteiger partial charge in [-0.2, -0.15) is 5.10 Å². The molecule has 4 rings (SSSR count). The van der Waals surface area contributed by atoms with Gasteiger partial charge in [0.05, 0.1) is 24.4 Å². The lowest BCUT2D eigenvalue weighted by Gasteiger charge is -2.12. The molecule has 158 valence electrons. The van der Waals surface area contributed by atoms with Crippen LogP contribution in [-0.4, -0.2) is 15.8 Å². The molecule has 0 aliphatic heterocycles. The molecule has 0 radical (unpaired) electrons. The number of benzene rings is 3. The number of halogens is 4. The Bertz CT molecular complexity index is 1270. The van der Waals surface area contributed by atoms with Gasteiger partial charge < -0.3 is 9.30 Å². The number of nitrogens with one attached hydrogen (secondary N) is 1. The average Bonchev–Trinajstić information content (AvgIpc) is 3.05. The molecule has 0 aliphatic rings. The van der Waals surface area contributed by atoms with Crippen molar-refractivity contribution < 1.29 is 4.74 Å². The summed E-state index contributed by atoms with van der Waals surface area (Å²) in [5.74, 6) is 1.49. The summed E-state index contributed by atoms with van der Waals surface area (Å²) in [7, 11) is 1.96. The number of aromatic nitrogens is 2. The number of rotatable bonds is 6. The molecule has 0 bridgehead atoms. The van der Waals surface area contributed by atoms with Crippen LogP contribution in [0.5, 0.6) is 5.75 Å². The van der Waals surface area contributed by atoms with Crippen molar-refractivity contribution in [3.63, 3.8) is 0 Å². The number of para-hydroxylation sites is 2. The monoisotopic (exact) mass is 676 g/mol. The molecule has 31 heavy (non-hydrogen) atoms. The van der Waals surface area contributed by atoms with Crippen molar-refractivity contribution in [1.29, 1.82) is 0 Å². The second-order valence-corrected chi connectivity index (χ2v) is 9.86. The molecule has 0 amide bonds. The highest BCUT2D eigenvalue weighted by molar-refractivity contribution is 14.1. The second kappa shape index (κ2) is 9.93. The van der Waals surface area contributed by atoms with Crippen LogP contribution in [0.1, 0.15) is 11.1 Å². The maximum absolute atomic E-state index is 6.25. The third-order valence-corrected chi connectivity index (χ3v) is 6.76. The van der Waals surface area contributed by atoms with Crippen LogP contribution in [0, 0.1) is 7.14 Å². The predicted molar refractivity (Wildman–Crippen MR) is 145 cm³/mol. The maximum Gasteiger partial charge on any atom is 0.224 e. The molecule has 1 aromatic heterocycles. The summed E-state index contributed by atoms with van der Waals surface area (Å²) < 4.78 is 9.98. The fourth-order valence-electron chi connectivity index (χ4n) is 2.99. The highest BCUT2D eigenvalue weighted by Gasteiger charge is 2.11. The van der Waals surface area contributed by atoms with Gasteiger partial charge in [0.15, 0.2) is 0 Å². The van der Waals surface area contributed by atoms with Crippen molar-refractivity contribution in [3.05, 3.63) is 82.9 Å². The zero-order chi connectivity index (χ0) is 22.0. The van der Waals surface area contributed by atoms with Crippen molar-refractivity contribution in [2.45, 2.75) is 6.61 Å². The summed E-state index contributed by atoms with van der Waals surface area (Å²) in [6, 6.07) is 17.4. The summed E-state index contributed by atoms with van der Waals surface area (Å²) in [6.07, 6.45) is 1.77. The SMILES string of the molecule is Cn1c(N/N=C\c2cc(I)c(OCc3ccc(Cl)cc3Cl)c(I)c2)nc2ccccc21. The van der Waals surface area contributed by atoms with E-state index in [0.29, 0.717) is 22.6 Å². The van der Waals surface area contributed by atoms with Gasteiger partial charge in [0, 0.05) is 22.7 Å². The van der Waals surface area contributed by atoms with Gasteiger partial charge in [0.1, 0.15) is 12.4 Å². The first kappa shape index (κ1) is 22.6. The van der Waals surface area contributed by atoms with Gasteiger partial charge in [-0.25, -0.2) is 10.4 Å². The Kier molecular flexibility index (Phi) is 7.25. The minimum atomic E-state index is 0.365. The van der Waals surface area contributed by atoms with Crippen molar-refractivity contribution in [3.8, 4) is 5.75 Å². The Morgan fingerprint density at radius 3 is 2.55 bits per heavy atom. The first-order valence-electron chi connectivity index (χ1n) is 9.18. The number of fused-ring (bicyclic) bond motifs is 1. The van der Waals surface area contributed by atoms with Crippen LogP contribution in [0.3, 0.4) is 0 Å². The lowest BCUT2D eigenvalue weighted by molar-refractivity contribution is 0.302. The van der Waals surface area contributed by atoms with E-state index in [1.54, 1.807) is 18.3 Å². The molecule has 0 saturated heterocycles. The highest BCUT2D eigenvalue weighted by Crippen LogP contribution is 2.30. The van der Waals surface area contributed by atoms with Crippen LogP contribution in [-0.2, 0) is 13.7 Å². The molecular weight excluding hydrogens is 661 g/mol. The third-order valence-electron chi connectivity index (χ3n) is 4.57. The normalized spacial score (nSPS) is 11.4. The van der Waals surface area contributed by atoms with Gasteiger partial charge in [-0.1, -0.05) is 41.4 Å². The average molecular weight is 677 g/mol. The fourth-order valence-corrected chi connectivity index (χ4v) is 5.58. The van der Waals surface area contributed by atoms with E-state index in [4.69, 9.17) is 27.9 Å². The lowest BCUT2D eigenvalue weighted by Crippen LogP contribution is -2.02. The van der Waals surface area contributed by atoms with Crippen LogP contribution in [0.4, 0.5) is 5.95 Å². The molecule has 0 saturated carbocycles. The summed E-state index contributed by atoms with van der Waals surface area (Å²) in [6.45, 7) is 0.365. The lowest BCUT2D eigenvalue weighted by atomic mass is 10.2. The summed E-state index contributed by atoms with van der Waals surface area (Å²) in [5.41, 5.74) is 6.83. The quantitative estimate of drug-likeness (QED) is 0.135. The number of nitrogens with zero attached hydrogens (tertiary/aromatic N) is 3. The number of anilines is 1. The summed E-state index contributed by atoms with van der Waals surface area (Å²) >= 11 is 16.7. The molecule has 5 nitrogen and oxygen atoms in total. The Morgan fingerprint density at radius 1 is 1.10 bits per heavy atom. The number of imidazole rings is 1. The summed E-state index contributed by atoms with van der Waals surface area (Å²) in [4.78, 5) is 4.55. The number of hydrazone groups is 1. The number of hydrogen-bond acceptors (Lipinski definition) is 4. The van der Waals surface area contributed by atoms with Gasteiger partial charge in [-0.3, -0.25) is 0 Å². The van der Waals surface area contributed by atoms with Gasteiger partial charge in [-0.15, -0.1) is 0 Å². The van der Waals surface area contributed by atoms with Crippen LogP contribution in [0.25, 0.3) is 11.0 Å². The van der Waals surface area contributed by atoms with E-state index in [9.17, 15) is 0 Å². The first-order valence-corrected chi connectivity index (χ1v) is 12.1. The Balaban J connectivity index is 1.46. The molecule has 3 aromatic carbocycles. The van der Waals surface area contributed by atoms with Crippen LogP contribution < -0.4 is 10.2 Å². The number of ether oxygens (including phenoxy) is 1. The fraction of sp³-hybridized carbons (Fsp3) is 0.0909. The van der Waals surface area contributed by atoms with Crippen molar-refractivity contribution in [2.75, 3.05) is 5.43 Å². The van der Waals surface area contributed by atoms with Crippen LogP contribution in [0.15, 0.2) is 59.7 Å². The smallest absolute Gasteiger partial charge is 0.224 e. The molecule has 0 atom stereocenters. The van der Waals surface area contributed by atoms with E-state index in [-0.39, 0.29) is 0 Å². The standard InChI is InChI=1S/C22H16Cl2I2N4O/c1-30-20-5-3-2-4-19(20)28-22(30)29-27-11-13-8-17(25)21(18(26)9-13)31-12-14-6-7-15(23)10-16(14)24/h2-11H,12H2,1H3,(H,28,29)/b27-11-. The van der Waals surface area contributed by atoms with Crippen molar-refractivity contribution in [1.82, 2.24) is 9.55 Å². The van der Waals surface area contributed by atoms with Gasteiger partial charge in [-0.05, 0) is 87.1 Å². The van der Waals surface area contributed by atoms with E-state index in [2.05, 4.69) is 60.7 Å². The minimum Gasteiger partial charge on any atom is -0.487 e. The number of aryl methyl sites for hydroxylation is 1. The topological polar surface area (TPSA) is 51.4 Å². The van der Waals surface area contributed by atoms with Crippen LogP contribution in [0.2, 0.25) is 10.0 Å². The summed E-state index contributed by atoms with van der Waals surface area (Å²) in [5, 5.41) is 5.55. The van der Waals surface area contributed by atoms with E-state index in [1.165, 1.54) is 0 Å². The first-order chi connectivity index (χ1) is 14.9. The van der Waals surface area contributed by atoms with Crippen molar-refractivity contribution in [2.24, 2.45) is 12.1 Å². The molecule has 0 spiro atoms. The van der Waals surface area contributed by atoms with E-state index in [0.717, 1.165) is 35.1 Å². The van der Waals surface area contributed by atoms with Crippen molar-refractivity contribution >= 4 is 91.6 Å². The Morgan fingerprint density at radius 2 is 1.84 bits per heavy atom. The minimum absolute atomic E-state index is 0.365. The highest BCUT2D eigenvalue weighted by atomic mass is 127. The Hall–Kier alpha value is -1.56. The maximum atomic E-state index is 6.25. The largest absolute Gasteiger partial charge is 0.487 e. The second-order valence-electron chi connectivity index (χ2n) is 6.69. The number of hydrogen-bond donors (Lipinski definition) is 1. The zero-order valence-electron chi connectivity index (χ0n) is 16.2. The van der Waals surface area contributed by atoms with Crippen LogP contribution >= 0.6 is 68.4 Å². The molecular formula is C22H16Cl2I2N4O. The van der Waals surface area contributed by atoms with Gasteiger partial charge >= 0.3 is 0 Å². The molecule has 1 N–H and O–H groups in total. The van der Waals surface area contributed by atoms with E-state index >= 15 is 0 Å². The molecule has 4 aromatic rings. The Labute approximate surface area is 217 Å². The molecule has 1 heterocycles. The van der Waals surface area contributed by atoms with E-state index in [1.807, 2.05) is 54.1 Å². The van der Waals surface area contributed by atoms with E-state index < -0.39 is 0 Å². The molecule has 0 unspecified atom stereocenters. The zero-order valence-corrected chi connectivity index (χ0v) is 22.1. The van der Waals surface area contributed by atoms with Gasteiger partial charge in [0.2, 0.25) is 5.95 Å². The third kappa shape index (κ3) is 5.27.